The normalized spacial score (nSPS) is 17.4. The molecule has 5 N–H and O–H groups in total. The molecule has 0 aromatic heterocycles. The van der Waals surface area contributed by atoms with E-state index in [9.17, 15) is 24.3 Å². The minimum Gasteiger partial charge on any atom is -0.482 e. The van der Waals surface area contributed by atoms with E-state index in [1.54, 1.807) is 11.9 Å². The van der Waals surface area contributed by atoms with Gasteiger partial charge in [0.25, 0.3) is 5.91 Å². The van der Waals surface area contributed by atoms with Gasteiger partial charge in [-0.2, -0.15) is 0 Å². The van der Waals surface area contributed by atoms with E-state index in [4.69, 9.17) is 15.2 Å². The summed E-state index contributed by atoms with van der Waals surface area (Å²) in [4.78, 5) is 50.0. The summed E-state index contributed by atoms with van der Waals surface area (Å²) >= 11 is 0. The summed E-state index contributed by atoms with van der Waals surface area (Å²) in [6, 6.07) is 11.9. The first-order valence-electron chi connectivity index (χ1n) is 11.5. The van der Waals surface area contributed by atoms with E-state index >= 15 is 0 Å². The van der Waals surface area contributed by atoms with Gasteiger partial charge in [0.15, 0.2) is 6.61 Å². The fraction of sp³-hybridized carbons (Fsp3) is 0.360. The van der Waals surface area contributed by atoms with Gasteiger partial charge in [-0.3, -0.25) is 14.4 Å². The molecule has 4 rings (SSSR count). The van der Waals surface area contributed by atoms with Crippen LogP contribution >= 0.6 is 0 Å². The Morgan fingerprint density at radius 3 is 2.42 bits per heavy atom. The van der Waals surface area contributed by atoms with Crippen molar-refractivity contribution in [1.29, 1.82) is 0 Å². The van der Waals surface area contributed by atoms with Crippen LogP contribution in [0.4, 0.5) is 10.5 Å². The minimum atomic E-state index is -1.38. The van der Waals surface area contributed by atoms with Crippen molar-refractivity contribution < 1.29 is 33.8 Å². The third kappa shape index (κ3) is 5.25. The molecule has 0 saturated carbocycles. The molecule has 2 aromatic carbocycles. The lowest BCUT2D eigenvalue weighted by Crippen LogP contribution is -2.63. The molecule has 11 nitrogen and oxygen atoms in total. The largest absolute Gasteiger partial charge is 0.482 e. The first-order chi connectivity index (χ1) is 17.2. The molecule has 0 aliphatic carbocycles. The molecular formula is C25H28N4O7. The number of hydrogen-bond donors (Lipinski definition) is 4. The molecule has 0 bridgehead atoms. The SMILES string of the molecule is CN1C(=O)COc2ccc(-c3ccc(CC(NC(=O)C4(NC(=O)O)CCOCC4)C(N)=O)cc3)cc21. The predicted molar refractivity (Wildman–Crippen MR) is 130 cm³/mol. The Kier molecular flexibility index (Phi) is 7.11. The second kappa shape index (κ2) is 10.2. The highest BCUT2D eigenvalue weighted by molar-refractivity contribution is 5.98. The summed E-state index contributed by atoms with van der Waals surface area (Å²) < 4.78 is 10.7. The van der Waals surface area contributed by atoms with Gasteiger partial charge in [0, 0.05) is 39.5 Å². The third-order valence-corrected chi connectivity index (χ3v) is 6.55. The lowest BCUT2D eigenvalue weighted by molar-refractivity contribution is -0.134. The van der Waals surface area contributed by atoms with Crippen LogP contribution < -0.4 is 26.0 Å². The van der Waals surface area contributed by atoms with Crippen LogP contribution in [0.3, 0.4) is 0 Å². The minimum absolute atomic E-state index is 0.0103. The average molecular weight is 497 g/mol. The number of nitrogens with two attached hydrogens (primary N) is 1. The van der Waals surface area contributed by atoms with E-state index in [0.717, 1.165) is 16.7 Å². The Morgan fingerprint density at radius 1 is 1.11 bits per heavy atom. The van der Waals surface area contributed by atoms with Gasteiger partial charge in [-0.25, -0.2) is 4.79 Å². The van der Waals surface area contributed by atoms with Crippen LogP contribution in [-0.2, 0) is 25.5 Å². The molecule has 2 aromatic rings. The summed E-state index contributed by atoms with van der Waals surface area (Å²) in [6.45, 7) is 0.445. The van der Waals surface area contributed by atoms with Gasteiger partial charge >= 0.3 is 6.09 Å². The van der Waals surface area contributed by atoms with Crippen LogP contribution in [0.5, 0.6) is 5.75 Å². The number of rotatable bonds is 7. The van der Waals surface area contributed by atoms with E-state index in [1.807, 2.05) is 42.5 Å². The van der Waals surface area contributed by atoms with Gasteiger partial charge in [0.05, 0.1) is 5.69 Å². The van der Waals surface area contributed by atoms with Gasteiger partial charge in [-0.05, 0) is 28.8 Å². The quantitative estimate of drug-likeness (QED) is 0.445. The van der Waals surface area contributed by atoms with E-state index in [0.29, 0.717) is 11.4 Å². The number of carbonyl (C=O) groups excluding carboxylic acids is 3. The van der Waals surface area contributed by atoms with Crippen LogP contribution in [0.1, 0.15) is 18.4 Å². The first kappa shape index (κ1) is 25.0. The second-order valence-corrected chi connectivity index (χ2v) is 8.88. The zero-order valence-corrected chi connectivity index (χ0v) is 19.8. The molecule has 1 saturated heterocycles. The maximum atomic E-state index is 13.0. The Morgan fingerprint density at radius 2 is 1.78 bits per heavy atom. The number of nitrogens with one attached hydrogen (secondary N) is 2. The number of ether oxygens (including phenoxy) is 2. The van der Waals surface area contributed by atoms with Crippen molar-refractivity contribution in [3.05, 3.63) is 48.0 Å². The lowest BCUT2D eigenvalue weighted by atomic mass is 9.88. The summed E-state index contributed by atoms with van der Waals surface area (Å²) in [5.74, 6) is -0.830. The molecule has 0 spiro atoms. The Hall–Kier alpha value is -4.12. The molecule has 190 valence electrons. The van der Waals surface area contributed by atoms with Crippen molar-refractivity contribution in [3.63, 3.8) is 0 Å². The number of hydrogen-bond acceptors (Lipinski definition) is 6. The number of amides is 4. The molecule has 2 aliphatic rings. The first-order valence-corrected chi connectivity index (χ1v) is 11.5. The Bertz CT molecular complexity index is 1180. The predicted octanol–water partition coefficient (Wildman–Crippen LogP) is 1.04. The van der Waals surface area contributed by atoms with Crippen LogP contribution in [0, 0.1) is 0 Å². The number of carboxylic acid groups (broad SMARTS) is 1. The second-order valence-electron chi connectivity index (χ2n) is 8.88. The van der Waals surface area contributed by atoms with Crippen molar-refractivity contribution in [3.8, 4) is 16.9 Å². The lowest BCUT2D eigenvalue weighted by Gasteiger charge is -2.36. The number of primary amides is 1. The van der Waals surface area contributed by atoms with E-state index < -0.39 is 29.5 Å². The Balaban J connectivity index is 1.48. The Labute approximate surface area is 207 Å². The van der Waals surface area contributed by atoms with Gasteiger partial charge in [-0.1, -0.05) is 30.3 Å². The smallest absolute Gasteiger partial charge is 0.405 e. The standard InChI is InChI=1S/C25H28N4O7/c1-29-19-13-17(6-7-20(19)36-14-21(29)30)16-4-2-15(3-5-16)12-18(22(26)31)27-23(32)25(28-24(33)34)8-10-35-11-9-25/h2-7,13,18,28H,8-12,14H2,1H3,(H2,26,31)(H,27,32)(H,33,34). The van der Waals surface area contributed by atoms with Gasteiger partial charge in [0.2, 0.25) is 11.8 Å². The zero-order chi connectivity index (χ0) is 25.9. The van der Waals surface area contributed by atoms with Crippen LogP contribution in [0.15, 0.2) is 42.5 Å². The van der Waals surface area contributed by atoms with Crippen molar-refractivity contribution in [2.75, 3.05) is 31.8 Å². The van der Waals surface area contributed by atoms with Crippen LogP contribution in [0.2, 0.25) is 0 Å². The molecular weight excluding hydrogens is 468 g/mol. The van der Waals surface area contributed by atoms with Crippen LogP contribution in [0.25, 0.3) is 11.1 Å². The van der Waals surface area contributed by atoms with Crippen molar-refractivity contribution in [2.24, 2.45) is 5.73 Å². The summed E-state index contributed by atoms with van der Waals surface area (Å²) in [7, 11) is 1.70. The monoisotopic (exact) mass is 496 g/mol. The van der Waals surface area contributed by atoms with Crippen LogP contribution in [-0.4, -0.2) is 67.4 Å². The highest BCUT2D eigenvalue weighted by atomic mass is 16.5. The average Bonchev–Trinajstić information content (AvgIpc) is 2.86. The fourth-order valence-corrected chi connectivity index (χ4v) is 4.37. The highest BCUT2D eigenvalue weighted by Crippen LogP contribution is 2.35. The number of fused-ring (bicyclic) bond motifs is 1. The molecule has 1 unspecified atom stereocenters. The number of anilines is 1. The third-order valence-electron chi connectivity index (χ3n) is 6.55. The maximum absolute atomic E-state index is 13.0. The number of carbonyl (C=O) groups is 4. The summed E-state index contributed by atoms with van der Waals surface area (Å²) in [5, 5.41) is 14.1. The molecule has 0 radical (unpaired) electrons. The van der Waals surface area contributed by atoms with E-state index in [-0.39, 0.29) is 45.0 Å². The molecule has 1 atom stereocenters. The summed E-state index contributed by atoms with van der Waals surface area (Å²) in [6.07, 6.45) is -0.894. The van der Waals surface area contributed by atoms with Gasteiger partial charge < -0.3 is 35.8 Å². The van der Waals surface area contributed by atoms with Gasteiger partial charge in [0.1, 0.15) is 17.3 Å². The topological polar surface area (TPSA) is 160 Å². The maximum Gasteiger partial charge on any atom is 0.405 e. The number of likely N-dealkylation sites (N-methyl/N-ethyl adjacent to an activating group) is 1. The fourth-order valence-electron chi connectivity index (χ4n) is 4.37. The summed E-state index contributed by atoms with van der Waals surface area (Å²) in [5.41, 5.74) is 7.38. The van der Waals surface area contributed by atoms with E-state index in [2.05, 4.69) is 10.6 Å². The van der Waals surface area contributed by atoms with Crippen molar-refractivity contribution in [1.82, 2.24) is 10.6 Å². The van der Waals surface area contributed by atoms with Crippen molar-refractivity contribution in [2.45, 2.75) is 30.8 Å². The number of nitrogens with zero attached hydrogens (tertiary/aromatic N) is 1. The van der Waals surface area contributed by atoms with Crippen molar-refractivity contribution >= 4 is 29.5 Å². The number of benzene rings is 2. The molecule has 2 heterocycles. The molecule has 36 heavy (non-hydrogen) atoms. The van der Waals surface area contributed by atoms with E-state index in [1.165, 1.54) is 0 Å². The molecule has 11 heteroatoms. The zero-order valence-electron chi connectivity index (χ0n) is 19.8. The molecule has 1 fully saturated rings. The molecule has 2 aliphatic heterocycles. The molecule has 4 amide bonds. The van der Waals surface area contributed by atoms with Gasteiger partial charge in [-0.15, -0.1) is 0 Å². The highest BCUT2D eigenvalue weighted by Gasteiger charge is 2.42.